The van der Waals surface area contributed by atoms with Crippen molar-refractivity contribution in [1.82, 2.24) is 14.3 Å². The van der Waals surface area contributed by atoms with E-state index in [-0.39, 0.29) is 11.3 Å². The highest BCUT2D eigenvalue weighted by molar-refractivity contribution is 7.99. The van der Waals surface area contributed by atoms with Gasteiger partial charge in [-0.2, -0.15) is 0 Å². The second-order valence-corrected chi connectivity index (χ2v) is 9.22. The number of aromatic nitrogens is 2. The first kappa shape index (κ1) is 19.6. The molecule has 0 aliphatic carbocycles. The molecule has 0 aliphatic heterocycles. The van der Waals surface area contributed by atoms with Gasteiger partial charge >= 0.3 is 0 Å². The number of hydrogen-bond acceptors (Lipinski definition) is 5. The van der Waals surface area contributed by atoms with Gasteiger partial charge in [0.1, 0.15) is 0 Å². The maximum atomic E-state index is 13.1. The Bertz CT molecular complexity index is 1110. The molecule has 0 radical (unpaired) electrons. The molecule has 2 aromatic carbocycles. The molecular formula is C19H21N3O3S2. The van der Waals surface area contributed by atoms with Gasteiger partial charge in [0.25, 0.3) is 5.56 Å². The van der Waals surface area contributed by atoms with Crippen LogP contribution in [0.15, 0.2) is 58.5 Å². The van der Waals surface area contributed by atoms with Gasteiger partial charge in [0, 0.05) is 5.75 Å². The number of thioether (sulfide) groups is 1. The topological polar surface area (TPSA) is 81.1 Å². The molecule has 27 heavy (non-hydrogen) atoms. The van der Waals surface area contributed by atoms with Crippen molar-refractivity contribution in [1.29, 1.82) is 0 Å². The summed E-state index contributed by atoms with van der Waals surface area (Å²) in [5.41, 5.74) is 2.35. The highest BCUT2D eigenvalue weighted by atomic mass is 32.2. The molecule has 1 aromatic heterocycles. The Morgan fingerprint density at radius 1 is 1.11 bits per heavy atom. The van der Waals surface area contributed by atoms with Gasteiger partial charge in [-0.25, -0.2) is 18.1 Å². The quantitative estimate of drug-likeness (QED) is 0.373. The van der Waals surface area contributed by atoms with Crippen LogP contribution in [0.2, 0.25) is 0 Å². The third kappa shape index (κ3) is 4.58. The minimum atomic E-state index is -3.24. The lowest BCUT2D eigenvalue weighted by molar-refractivity contribution is 0.587. The van der Waals surface area contributed by atoms with Crippen LogP contribution in [-0.2, 0) is 10.0 Å². The summed E-state index contributed by atoms with van der Waals surface area (Å²) in [7, 11) is -1.83. The Kier molecular flexibility index (Phi) is 5.98. The zero-order valence-electron chi connectivity index (χ0n) is 15.2. The van der Waals surface area contributed by atoms with Crippen LogP contribution >= 0.6 is 11.8 Å². The Balaban J connectivity index is 1.98. The van der Waals surface area contributed by atoms with Crippen molar-refractivity contribution in [3.63, 3.8) is 0 Å². The Morgan fingerprint density at radius 3 is 2.52 bits per heavy atom. The first-order valence-electron chi connectivity index (χ1n) is 8.54. The van der Waals surface area contributed by atoms with Gasteiger partial charge in [0.05, 0.1) is 22.3 Å². The van der Waals surface area contributed by atoms with Crippen molar-refractivity contribution in [2.24, 2.45) is 0 Å². The Hall–Kier alpha value is -2.16. The summed E-state index contributed by atoms with van der Waals surface area (Å²) in [5.74, 6) is 0.580. The molecule has 0 saturated carbocycles. The fourth-order valence-electron chi connectivity index (χ4n) is 2.65. The lowest BCUT2D eigenvalue weighted by atomic mass is 10.2. The summed E-state index contributed by atoms with van der Waals surface area (Å²) in [6.45, 7) is 1.99. The van der Waals surface area contributed by atoms with Crippen LogP contribution in [0.1, 0.15) is 12.0 Å². The molecule has 3 aromatic rings. The van der Waals surface area contributed by atoms with E-state index in [1.165, 1.54) is 18.8 Å². The van der Waals surface area contributed by atoms with E-state index < -0.39 is 10.0 Å². The zero-order chi connectivity index (χ0) is 19.4. The van der Waals surface area contributed by atoms with E-state index in [9.17, 15) is 13.2 Å². The van der Waals surface area contributed by atoms with Gasteiger partial charge < -0.3 is 0 Å². The summed E-state index contributed by atoms with van der Waals surface area (Å²) in [6.07, 6.45) is 0.463. The van der Waals surface area contributed by atoms with Crippen LogP contribution in [0.3, 0.4) is 0 Å². The first-order valence-corrected chi connectivity index (χ1v) is 11.2. The monoisotopic (exact) mass is 403 g/mol. The molecule has 8 heteroatoms. The van der Waals surface area contributed by atoms with Crippen LogP contribution in [0.25, 0.3) is 16.6 Å². The number of benzene rings is 2. The van der Waals surface area contributed by atoms with Gasteiger partial charge in [-0.05, 0) is 44.7 Å². The number of rotatable bonds is 7. The van der Waals surface area contributed by atoms with Gasteiger partial charge in [0.15, 0.2) is 5.16 Å². The third-order valence-electron chi connectivity index (χ3n) is 4.14. The van der Waals surface area contributed by atoms with E-state index in [4.69, 9.17) is 0 Å². The SMILES string of the molecule is CNS(=O)(=O)CCCSc1nc2ccccc2c(=O)n1-c1ccc(C)cc1. The predicted octanol–water partition coefficient (Wildman–Crippen LogP) is 2.73. The second kappa shape index (κ2) is 8.24. The minimum Gasteiger partial charge on any atom is -0.268 e. The molecule has 0 spiro atoms. The molecule has 1 N–H and O–H groups in total. The lowest BCUT2D eigenvalue weighted by Gasteiger charge is -2.13. The van der Waals surface area contributed by atoms with Crippen LogP contribution in [0, 0.1) is 6.92 Å². The number of nitrogens with zero attached hydrogens (tertiary/aromatic N) is 2. The lowest BCUT2D eigenvalue weighted by Crippen LogP contribution is -2.23. The van der Waals surface area contributed by atoms with Crippen LogP contribution in [0.4, 0.5) is 0 Å². The fourth-order valence-corrected chi connectivity index (χ4v) is 4.51. The second-order valence-electron chi connectivity index (χ2n) is 6.11. The van der Waals surface area contributed by atoms with Crippen molar-refractivity contribution in [2.75, 3.05) is 18.6 Å². The summed E-state index contributed by atoms with van der Waals surface area (Å²) >= 11 is 1.39. The average Bonchev–Trinajstić information content (AvgIpc) is 2.66. The normalized spacial score (nSPS) is 11.8. The summed E-state index contributed by atoms with van der Waals surface area (Å²) in [4.78, 5) is 17.7. The molecule has 0 fully saturated rings. The molecule has 0 unspecified atom stereocenters. The maximum absolute atomic E-state index is 13.1. The first-order chi connectivity index (χ1) is 12.9. The van der Waals surface area contributed by atoms with E-state index >= 15 is 0 Å². The Morgan fingerprint density at radius 2 is 1.81 bits per heavy atom. The molecule has 3 rings (SSSR count). The van der Waals surface area contributed by atoms with Gasteiger partial charge in [-0.3, -0.25) is 9.36 Å². The van der Waals surface area contributed by atoms with E-state index in [2.05, 4.69) is 9.71 Å². The van der Waals surface area contributed by atoms with Gasteiger partial charge in [-0.1, -0.05) is 41.6 Å². The predicted molar refractivity (Wildman–Crippen MR) is 110 cm³/mol. The van der Waals surface area contributed by atoms with Crippen molar-refractivity contribution in [2.45, 2.75) is 18.5 Å². The standard InChI is InChI=1S/C19H21N3O3S2/c1-14-8-10-15(11-9-14)22-18(23)16-6-3-4-7-17(16)21-19(22)26-12-5-13-27(24,25)20-2/h3-4,6-11,20H,5,12-13H2,1-2H3. The van der Waals surface area contributed by atoms with Gasteiger partial charge in [0.2, 0.25) is 10.0 Å². The van der Waals surface area contributed by atoms with Crippen LogP contribution < -0.4 is 10.3 Å². The van der Waals surface area contributed by atoms with Crippen molar-refractivity contribution < 1.29 is 8.42 Å². The smallest absolute Gasteiger partial charge is 0.266 e. The number of hydrogen-bond donors (Lipinski definition) is 1. The molecule has 0 amide bonds. The van der Waals surface area contributed by atoms with E-state index in [1.54, 1.807) is 10.6 Å². The fraction of sp³-hybridized carbons (Fsp3) is 0.263. The summed E-state index contributed by atoms with van der Waals surface area (Å²) in [6, 6.07) is 14.9. The van der Waals surface area contributed by atoms with E-state index in [1.807, 2.05) is 49.4 Å². The average molecular weight is 404 g/mol. The highest BCUT2D eigenvalue weighted by Gasteiger charge is 2.14. The minimum absolute atomic E-state index is 0.0405. The number of sulfonamides is 1. The molecule has 0 aliphatic rings. The number of aryl methyl sites for hydroxylation is 1. The van der Waals surface area contributed by atoms with Gasteiger partial charge in [-0.15, -0.1) is 0 Å². The molecule has 0 saturated heterocycles. The van der Waals surface area contributed by atoms with Crippen molar-refractivity contribution in [3.05, 3.63) is 64.4 Å². The summed E-state index contributed by atoms with van der Waals surface area (Å²) in [5, 5.41) is 1.12. The Labute approximate surface area is 162 Å². The maximum Gasteiger partial charge on any atom is 0.266 e. The molecule has 0 atom stereocenters. The number of fused-ring (bicyclic) bond motifs is 1. The summed E-state index contributed by atoms with van der Waals surface area (Å²) < 4.78 is 27.0. The van der Waals surface area contributed by atoms with E-state index in [0.29, 0.717) is 28.2 Å². The van der Waals surface area contributed by atoms with E-state index in [0.717, 1.165) is 11.3 Å². The molecule has 1 heterocycles. The molecule has 0 bridgehead atoms. The largest absolute Gasteiger partial charge is 0.268 e. The third-order valence-corrected chi connectivity index (χ3v) is 6.61. The number of para-hydroxylation sites is 1. The van der Waals surface area contributed by atoms with Crippen LogP contribution in [0.5, 0.6) is 0 Å². The van der Waals surface area contributed by atoms with Crippen LogP contribution in [-0.4, -0.2) is 36.5 Å². The van der Waals surface area contributed by atoms with Crippen molar-refractivity contribution >= 4 is 32.7 Å². The molecule has 6 nitrogen and oxygen atoms in total. The van der Waals surface area contributed by atoms with Crippen molar-refractivity contribution in [3.8, 4) is 5.69 Å². The molecule has 142 valence electrons. The zero-order valence-corrected chi connectivity index (χ0v) is 16.8. The highest BCUT2D eigenvalue weighted by Crippen LogP contribution is 2.22. The molecular weight excluding hydrogens is 382 g/mol. The number of nitrogens with one attached hydrogen (secondary N) is 1.